The van der Waals surface area contributed by atoms with E-state index in [-0.39, 0.29) is 5.91 Å². The van der Waals surface area contributed by atoms with Crippen molar-refractivity contribution in [1.82, 2.24) is 14.9 Å². The number of ether oxygens (including phenoxy) is 1. The number of amides is 1. The van der Waals surface area contributed by atoms with Gasteiger partial charge in [-0.1, -0.05) is 17.7 Å². The average molecular weight is 440 g/mol. The first-order valence-electron chi connectivity index (χ1n) is 11.0. The summed E-state index contributed by atoms with van der Waals surface area (Å²) in [7, 11) is 0. The molecule has 6 heteroatoms. The molecule has 2 aromatic carbocycles. The summed E-state index contributed by atoms with van der Waals surface area (Å²) in [6.07, 6.45) is 3.12. The summed E-state index contributed by atoms with van der Waals surface area (Å²) in [6, 6.07) is 10.2. The van der Waals surface area contributed by atoms with Crippen LogP contribution >= 0.6 is 11.6 Å². The largest absolute Gasteiger partial charge is 0.494 e. The highest BCUT2D eigenvalue weighted by Crippen LogP contribution is 2.29. The fourth-order valence-corrected chi connectivity index (χ4v) is 4.41. The minimum Gasteiger partial charge on any atom is -0.494 e. The van der Waals surface area contributed by atoms with Crippen LogP contribution in [-0.4, -0.2) is 40.5 Å². The van der Waals surface area contributed by atoms with Gasteiger partial charge in [-0.2, -0.15) is 0 Å². The Bertz CT molecular complexity index is 1060. The first kappa shape index (κ1) is 21.7. The lowest BCUT2D eigenvalue weighted by atomic mass is 9.96. The van der Waals surface area contributed by atoms with Crippen LogP contribution in [0.4, 0.5) is 0 Å². The van der Waals surface area contributed by atoms with E-state index in [0.29, 0.717) is 25.4 Å². The number of aromatic amines is 1. The van der Waals surface area contributed by atoms with Crippen molar-refractivity contribution in [2.24, 2.45) is 0 Å². The Morgan fingerprint density at radius 1 is 1.16 bits per heavy atom. The van der Waals surface area contributed by atoms with E-state index in [4.69, 9.17) is 21.3 Å². The van der Waals surface area contributed by atoms with E-state index in [1.165, 1.54) is 5.56 Å². The summed E-state index contributed by atoms with van der Waals surface area (Å²) >= 11 is 6.20. The Morgan fingerprint density at radius 3 is 2.58 bits per heavy atom. The van der Waals surface area contributed by atoms with Gasteiger partial charge in [0, 0.05) is 30.5 Å². The van der Waals surface area contributed by atoms with Gasteiger partial charge in [-0.05, 0) is 81.0 Å². The number of imidazole rings is 1. The average Bonchev–Trinajstić information content (AvgIpc) is 3.18. The van der Waals surface area contributed by atoms with Crippen LogP contribution in [0.2, 0.25) is 5.02 Å². The minimum atomic E-state index is 0.214. The second kappa shape index (κ2) is 9.31. The lowest BCUT2D eigenvalue weighted by molar-refractivity contribution is -0.132. The monoisotopic (exact) mass is 439 g/mol. The van der Waals surface area contributed by atoms with E-state index in [0.717, 1.165) is 64.7 Å². The highest BCUT2D eigenvalue weighted by molar-refractivity contribution is 6.32. The van der Waals surface area contributed by atoms with Crippen LogP contribution in [0.25, 0.3) is 11.0 Å². The topological polar surface area (TPSA) is 58.2 Å². The second-order valence-corrected chi connectivity index (χ2v) is 9.00. The van der Waals surface area contributed by atoms with Crippen LogP contribution in [0.1, 0.15) is 54.1 Å². The number of carbonyl (C=O) groups excluding carboxylic acids is 1. The van der Waals surface area contributed by atoms with Gasteiger partial charge in [0.05, 0.1) is 17.6 Å². The maximum atomic E-state index is 12.6. The fraction of sp³-hybridized carbons (Fsp3) is 0.440. The van der Waals surface area contributed by atoms with Crippen molar-refractivity contribution in [3.8, 4) is 5.75 Å². The number of piperidine rings is 1. The molecule has 0 aliphatic carbocycles. The molecule has 0 unspecified atom stereocenters. The van der Waals surface area contributed by atoms with Gasteiger partial charge in [0.25, 0.3) is 0 Å². The molecule has 0 atom stereocenters. The molecular weight excluding hydrogens is 410 g/mol. The summed E-state index contributed by atoms with van der Waals surface area (Å²) in [6.45, 7) is 8.14. The Labute approximate surface area is 188 Å². The number of nitrogens with one attached hydrogen (secondary N) is 1. The summed E-state index contributed by atoms with van der Waals surface area (Å²) < 4.78 is 5.83. The van der Waals surface area contributed by atoms with Crippen molar-refractivity contribution in [2.75, 3.05) is 19.7 Å². The van der Waals surface area contributed by atoms with Gasteiger partial charge >= 0.3 is 0 Å². The van der Waals surface area contributed by atoms with Crippen molar-refractivity contribution < 1.29 is 9.53 Å². The molecule has 0 saturated carbocycles. The molecule has 1 aliphatic rings. The van der Waals surface area contributed by atoms with E-state index in [1.54, 1.807) is 0 Å². The maximum Gasteiger partial charge on any atom is 0.222 e. The molecule has 1 N–H and O–H groups in total. The number of nitrogens with zero attached hydrogens (tertiary/aromatic N) is 2. The number of rotatable bonds is 6. The van der Waals surface area contributed by atoms with Gasteiger partial charge in [0.2, 0.25) is 5.91 Å². The van der Waals surface area contributed by atoms with Crippen LogP contribution in [0, 0.1) is 20.8 Å². The molecule has 1 aromatic heterocycles. The number of hydrogen-bond donors (Lipinski definition) is 1. The number of halogens is 1. The smallest absolute Gasteiger partial charge is 0.222 e. The Morgan fingerprint density at radius 2 is 1.87 bits per heavy atom. The van der Waals surface area contributed by atoms with Gasteiger partial charge in [-0.3, -0.25) is 4.79 Å². The maximum absolute atomic E-state index is 12.6. The number of carbonyl (C=O) groups is 1. The van der Waals surface area contributed by atoms with Crippen LogP contribution in [0.15, 0.2) is 30.3 Å². The third-order valence-corrected chi connectivity index (χ3v) is 6.70. The lowest BCUT2D eigenvalue weighted by Crippen LogP contribution is -2.38. The standard InChI is InChI=1S/C25H30ClN3O2/c1-16-6-7-21-22(13-16)28-25(27-21)19-8-10-29(11-9-19)23(30)5-4-12-31-20-14-17(2)24(26)18(3)15-20/h6-7,13-15,19H,4-5,8-12H2,1-3H3,(H,27,28). The number of H-pyrrole nitrogens is 1. The molecule has 5 nitrogen and oxygen atoms in total. The fourth-order valence-electron chi connectivity index (χ4n) is 4.30. The minimum absolute atomic E-state index is 0.214. The number of aryl methyl sites for hydroxylation is 3. The summed E-state index contributed by atoms with van der Waals surface area (Å²) in [4.78, 5) is 22.8. The molecule has 31 heavy (non-hydrogen) atoms. The van der Waals surface area contributed by atoms with Gasteiger partial charge in [-0.25, -0.2) is 4.98 Å². The predicted octanol–water partition coefficient (Wildman–Crippen LogP) is 5.71. The van der Waals surface area contributed by atoms with E-state index in [1.807, 2.05) is 30.9 Å². The van der Waals surface area contributed by atoms with Crippen molar-refractivity contribution in [2.45, 2.75) is 52.4 Å². The third-order valence-electron chi connectivity index (χ3n) is 6.10. The van der Waals surface area contributed by atoms with Crippen LogP contribution in [-0.2, 0) is 4.79 Å². The number of hydrogen-bond acceptors (Lipinski definition) is 3. The van der Waals surface area contributed by atoms with Crippen molar-refractivity contribution >= 4 is 28.5 Å². The van der Waals surface area contributed by atoms with Crippen LogP contribution in [0.5, 0.6) is 5.75 Å². The Balaban J connectivity index is 1.23. The van der Waals surface area contributed by atoms with Gasteiger partial charge in [-0.15, -0.1) is 0 Å². The zero-order chi connectivity index (χ0) is 22.0. The van der Waals surface area contributed by atoms with Crippen molar-refractivity contribution in [3.63, 3.8) is 0 Å². The van der Waals surface area contributed by atoms with Gasteiger partial charge < -0.3 is 14.6 Å². The number of benzene rings is 2. The number of aromatic nitrogens is 2. The molecule has 1 saturated heterocycles. The quantitative estimate of drug-likeness (QED) is 0.500. The summed E-state index contributed by atoms with van der Waals surface area (Å²) in [5.41, 5.74) is 5.36. The molecule has 1 amide bonds. The molecule has 2 heterocycles. The highest BCUT2D eigenvalue weighted by Gasteiger charge is 2.25. The molecule has 3 aromatic rings. The molecule has 4 rings (SSSR count). The number of likely N-dealkylation sites (tertiary alicyclic amines) is 1. The zero-order valence-electron chi connectivity index (χ0n) is 18.5. The van der Waals surface area contributed by atoms with Crippen LogP contribution in [0.3, 0.4) is 0 Å². The number of fused-ring (bicyclic) bond motifs is 1. The first-order chi connectivity index (χ1) is 14.9. The van der Waals surface area contributed by atoms with E-state index in [2.05, 4.69) is 30.1 Å². The second-order valence-electron chi connectivity index (χ2n) is 8.62. The molecule has 0 spiro atoms. The Kier molecular flexibility index (Phi) is 6.51. The zero-order valence-corrected chi connectivity index (χ0v) is 19.3. The van der Waals surface area contributed by atoms with Crippen molar-refractivity contribution in [1.29, 1.82) is 0 Å². The molecule has 1 aliphatic heterocycles. The van der Waals surface area contributed by atoms with Crippen molar-refractivity contribution in [3.05, 3.63) is 57.9 Å². The van der Waals surface area contributed by atoms with E-state index < -0.39 is 0 Å². The molecule has 164 valence electrons. The Hall–Kier alpha value is -2.53. The third kappa shape index (κ3) is 5.04. The van der Waals surface area contributed by atoms with Crippen LogP contribution < -0.4 is 4.74 Å². The molecule has 0 radical (unpaired) electrons. The lowest BCUT2D eigenvalue weighted by Gasteiger charge is -2.31. The summed E-state index contributed by atoms with van der Waals surface area (Å²) in [5.74, 6) is 2.46. The van der Waals surface area contributed by atoms with E-state index in [9.17, 15) is 4.79 Å². The normalized spacial score (nSPS) is 14.9. The molecular formula is C25H30ClN3O2. The van der Waals surface area contributed by atoms with Gasteiger partial charge in [0.15, 0.2) is 0 Å². The predicted molar refractivity (Wildman–Crippen MR) is 125 cm³/mol. The summed E-state index contributed by atoms with van der Waals surface area (Å²) in [5, 5.41) is 0.781. The molecule has 1 fully saturated rings. The highest BCUT2D eigenvalue weighted by atomic mass is 35.5. The van der Waals surface area contributed by atoms with E-state index >= 15 is 0 Å². The SMILES string of the molecule is Cc1ccc2nc(C3CCN(C(=O)CCCOc4cc(C)c(Cl)c(C)c4)CC3)[nH]c2c1. The first-order valence-corrected chi connectivity index (χ1v) is 11.4. The van der Waals surface area contributed by atoms with Gasteiger partial charge in [0.1, 0.15) is 11.6 Å². The molecule has 0 bridgehead atoms.